The van der Waals surface area contributed by atoms with E-state index >= 15 is 0 Å². The molecule has 4 aromatic rings. The van der Waals surface area contributed by atoms with Gasteiger partial charge in [0.15, 0.2) is 0 Å². The Hall–Kier alpha value is -4.43. The number of rotatable bonds is 7. The molecular weight excluding hydrogens is 460 g/mol. The lowest BCUT2D eigenvalue weighted by Crippen LogP contribution is -2.18. The third-order valence-electron chi connectivity index (χ3n) is 7.02. The largest absolute Gasteiger partial charge is 0.314 e. The van der Waals surface area contributed by atoms with Crippen molar-refractivity contribution in [2.45, 2.75) is 33.6 Å². The first-order valence-electron chi connectivity index (χ1n) is 13.3. The highest BCUT2D eigenvalue weighted by Gasteiger charge is 2.19. The maximum atomic E-state index is 4.30. The molecule has 0 spiro atoms. The van der Waals surface area contributed by atoms with Gasteiger partial charge in [-0.05, 0) is 109 Å². The van der Waals surface area contributed by atoms with Crippen molar-refractivity contribution in [3.63, 3.8) is 0 Å². The average Bonchev–Trinajstić information content (AvgIpc) is 2.98. The third-order valence-corrected chi connectivity index (χ3v) is 7.02. The fraction of sp³-hybridized carbons (Fsp3) is 0.139. The van der Waals surface area contributed by atoms with Crippen LogP contribution in [0.25, 0.3) is 27.8 Å². The summed E-state index contributed by atoms with van der Waals surface area (Å²) in [4.78, 5) is 6.72. The monoisotopic (exact) mass is 494 g/mol. The average molecular weight is 495 g/mol. The Morgan fingerprint density at radius 2 is 1.50 bits per heavy atom. The van der Waals surface area contributed by atoms with Crippen molar-refractivity contribution in [2.24, 2.45) is 0 Å². The SMILES string of the molecule is CC=CC(=CC)c1cc(-c2ccccc2)cc(N(C2=CC=C(C)CC2)c2ccc(-c3cccnc3)cc2)c1. The van der Waals surface area contributed by atoms with Gasteiger partial charge in [-0.2, -0.15) is 0 Å². The summed E-state index contributed by atoms with van der Waals surface area (Å²) < 4.78 is 0. The fourth-order valence-corrected chi connectivity index (χ4v) is 4.98. The van der Waals surface area contributed by atoms with E-state index in [1.165, 1.54) is 39.2 Å². The second-order valence-corrected chi connectivity index (χ2v) is 9.67. The minimum atomic E-state index is 1.00. The number of hydrogen-bond acceptors (Lipinski definition) is 2. The molecule has 0 bridgehead atoms. The van der Waals surface area contributed by atoms with Gasteiger partial charge in [0.2, 0.25) is 0 Å². The molecule has 1 aliphatic rings. The number of allylic oxidation sites excluding steroid dienone is 8. The van der Waals surface area contributed by atoms with Crippen LogP contribution < -0.4 is 4.90 Å². The van der Waals surface area contributed by atoms with Crippen LogP contribution in [0.1, 0.15) is 39.2 Å². The van der Waals surface area contributed by atoms with Crippen LogP contribution >= 0.6 is 0 Å². The Morgan fingerprint density at radius 1 is 0.737 bits per heavy atom. The summed E-state index contributed by atoms with van der Waals surface area (Å²) in [6.45, 7) is 6.39. The van der Waals surface area contributed by atoms with Crippen LogP contribution in [0.15, 0.2) is 139 Å². The van der Waals surface area contributed by atoms with E-state index in [1.807, 2.05) is 18.5 Å². The molecule has 0 amide bonds. The summed E-state index contributed by atoms with van der Waals surface area (Å²) in [5.74, 6) is 0. The van der Waals surface area contributed by atoms with E-state index in [0.717, 1.165) is 29.7 Å². The van der Waals surface area contributed by atoms with Crippen LogP contribution in [-0.2, 0) is 0 Å². The summed E-state index contributed by atoms with van der Waals surface area (Å²) in [6.07, 6.45) is 16.8. The van der Waals surface area contributed by atoms with Gasteiger partial charge in [-0.15, -0.1) is 0 Å². The standard InChI is InChI=1S/C36H34N2/c1-4-10-28(5-2)32-23-33(29-11-7-6-8-12-29)25-36(24-32)38(34-18-14-27(3)15-19-34)35-20-16-30(17-21-35)31-13-9-22-37-26-31/h4-14,16-18,20-26H,15,19H2,1-3H3. The van der Waals surface area contributed by atoms with E-state index in [4.69, 9.17) is 0 Å². The van der Waals surface area contributed by atoms with Gasteiger partial charge < -0.3 is 4.90 Å². The molecule has 0 radical (unpaired) electrons. The minimum Gasteiger partial charge on any atom is -0.314 e. The van der Waals surface area contributed by atoms with Crippen molar-refractivity contribution < 1.29 is 0 Å². The van der Waals surface area contributed by atoms with Gasteiger partial charge in [-0.1, -0.05) is 78.4 Å². The number of anilines is 2. The molecule has 38 heavy (non-hydrogen) atoms. The van der Waals surface area contributed by atoms with Crippen LogP contribution in [0.4, 0.5) is 11.4 Å². The lowest BCUT2D eigenvalue weighted by molar-refractivity contribution is 0.875. The minimum absolute atomic E-state index is 1.00. The molecule has 2 nitrogen and oxygen atoms in total. The second kappa shape index (κ2) is 11.7. The van der Waals surface area contributed by atoms with E-state index in [1.54, 1.807) is 0 Å². The van der Waals surface area contributed by atoms with E-state index in [-0.39, 0.29) is 0 Å². The maximum Gasteiger partial charge on any atom is 0.0470 e. The Morgan fingerprint density at radius 3 is 2.16 bits per heavy atom. The molecular formula is C36H34N2. The zero-order valence-corrected chi connectivity index (χ0v) is 22.4. The molecule has 5 rings (SSSR count). The molecule has 1 aliphatic carbocycles. The summed E-state index contributed by atoms with van der Waals surface area (Å²) in [7, 11) is 0. The lowest BCUT2D eigenvalue weighted by atomic mass is 9.96. The van der Waals surface area contributed by atoms with Crippen molar-refractivity contribution in [3.05, 3.63) is 145 Å². The molecule has 2 heteroatoms. The van der Waals surface area contributed by atoms with E-state index < -0.39 is 0 Å². The van der Waals surface area contributed by atoms with E-state index in [2.05, 4.69) is 140 Å². The number of pyridine rings is 1. The first-order valence-corrected chi connectivity index (χ1v) is 13.3. The smallest absolute Gasteiger partial charge is 0.0470 e. The Kier molecular flexibility index (Phi) is 7.80. The summed E-state index contributed by atoms with van der Waals surface area (Å²) in [5, 5.41) is 0. The van der Waals surface area contributed by atoms with Gasteiger partial charge in [0.05, 0.1) is 0 Å². The number of hydrogen-bond donors (Lipinski definition) is 0. The zero-order valence-electron chi connectivity index (χ0n) is 22.4. The molecule has 0 atom stereocenters. The molecule has 0 saturated carbocycles. The third kappa shape index (κ3) is 5.60. The van der Waals surface area contributed by atoms with Crippen LogP contribution in [0.2, 0.25) is 0 Å². The quantitative estimate of drug-likeness (QED) is 0.238. The first-order chi connectivity index (χ1) is 18.7. The molecule has 0 saturated heterocycles. The van der Waals surface area contributed by atoms with Crippen molar-refractivity contribution in [3.8, 4) is 22.3 Å². The molecule has 0 unspecified atom stereocenters. The van der Waals surface area contributed by atoms with Gasteiger partial charge in [0.1, 0.15) is 0 Å². The van der Waals surface area contributed by atoms with Gasteiger partial charge in [-0.3, -0.25) is 4.98 Å². The topological polar surface area (TPSA) is 16.1 Å². The Bertz CT molecular complexity index is 1510. The van der Waals surface area contributed by atoms with Crippen molar-refractivity contribution in [2.75, 3.05) is 4.90 Å². The molecule has 0 N–H and O–H groups in total. The van der Waals surface area contributed by atoms with Gasteiger partial charge >= 0.3 is 0 Å². The van der Waals surface area contributed by atoms with E-state index in [0.29, 0.717) is 0 Å². The molecule has 0 aliphatic heterocycles. The van der Waals surface area contributed by atoms with Crippen LogP contribution in [0.3, 0.4) is 0 Å². The maximum absolute atomic E-state index is 4.30. The van der Waals surface area contributed by atoms with Crippen molar-refractivity contribution in [1.29, 1.82) is 0 Å². The van der Waals surface area contributed by atoms with Crippen LogP contribution in [0, 0.1) is 0 Å². The highest BCUT2D eigenvalue weighted by molar-refractivity contribution is 5.84. The summed E-state index contributed by atoms with van der Waals surface area (Å²) in [6, 6.07) is 30.5. The van der Waals surface area contributed by atoms with Crippen LogP contribution in [0.5, 0.6) is 0 Å². The van der Waals surface area contributed by atoms with Gasteiger partial charge in [0, 0.05) is 29.5 Å². The number of benzene rings is 3. The Balaban J connectivity index is 1.68. The highest BCUT2D eigenvalue weighted by atomic mass is 15.1. The summed E-state index contributed by atoms with van der Waals surface area (Å²) in [5.41, 5.74) is 12.2. The van der Waals surface area contributed by atoms with Gasteiger partial charge in [-0.25, -0.2) is 0 Å². The molecule has 188 valence electrons. The molecule has 3 aromatic carbocycles. The fourth-order valence-electron chi connectivity index (χ4n) is 4.98. The van der Waals surface area contributed by atoms with Crippen molar-refractivity contribution in [1.82, 2.24) is 4.98 Å². The number of nitrogens with zero attached hydrogens (tertiary/aromatic N) is 2. The number of aromatic nitrogens is 1. The predicted octanol–water partition coefficient (Wildman–Crippen LogP) is 10.2. The molecule has 0 fully saturated rings. The van der Waals surface area contributed by atoms with Gasteiger partial charge in [0.25, 0.3) is 0 Å². The molecule has 1 heterocycles. The first kappa shape index (κ1) is 25.2. The van der Waals surface area contributed by atoms with E-state index in [9.17, 15) is 0 Å². The Labute approximate surface area is 227 Å². The summed E-state index contributed by atoms with van der Waals surface area (Å²) >= 11 is 0. The lowest BCUT2D eigenvalue weighted by Gasteiger charge is -2.30. The predicted molar refractivity (Wildman–Crippen MR) is 163 cm³/mol. The highest BCUT2D eigenvalue weighted by Crippen LogP contribution is 2.39. The normalized spacial score (nSPS) is 13.8. The van der Waals surface area contributed by atoms with Crippen LogP contribution in [-0.4, -0.2) is 4.98 Å². The molecule has 1 aromatic heterocycles. The van der Waals surface area contributed by atoms with Crippen molar-refractivity contribution >= 4 is 16.9 Å². The zero-order chi connectivity index (χ0) is 26.3. The second-order valence-electron chi connectivity index (χ2n) is 9.67.